The zero-order chi connectivity index (χ0) is 14.7. The number of ketones is 2. The standard InChI is InChI=1S/C12H20N4O3/c1-10(17)8-16(9-11(2)18)12(19)6-4-3-5-7-14-15-13/h3-9H2,1-2H3. The molecule has 0 atom stereocenters. The number of amides is 1. The molecule has 0 aliphatic heterocycles. The van der Waals surface area contributed by atoms with E-state index >= 15 is 0 Å². The van der Waals surface area contributed by atoms with E-state index in [2.05, 4.69) is 10.0 Å². The van der Waals surface area contributed by atoms with Gasteiger partial charge in [-0.2, -0.15) is 0 Å². The lowest BCUT2D eigenvalue weighted by molar-refractivity contribution is -0.137. The van der Waals surface area contributed by atoms with Crippen LogP contribution in [0.3, 0.4) is 0 Å². The van der Waals surface area contributed by atoms with E-state index in [9.17, 15) is 14.4 Å². The molecule has 106 valence electrons. The molecular weight excluding hydrogens is 248 g/mol. The number of azide groups is 1. The van der Waals surface area contributed by atoms with Crippen molar-refractivity contribution in [3.05, 3.63) is 10.4 Å². The average molecular weight is 268 g/mol. The van der Waals surface area contributed by atoms with Crippen molar-refractivity contribution in [1.29, 1.82) is 0 Å². The van der Waals surface area contributed by atoms with Crippen LogP contribution >= 0.6 is 0 Å². The summed E-state index contributed by atoms with van der Waals surface area (Å²) in [4.78, 5) is 37.8. The molecule has 1 amide bonds. The Morgan fingerprint density at radius 2 is 1.63 bits per heavy atom. The number of carbonyl (C=O) groups is 3. The van der Waals surface area contributed by atoms with Gasteiger partial charge < -0.3 is 4.90 Å². The molecule has 0 saturated carbocycles. The van der Waals surface area contributed by atoms with Crippen molar-refractivity contribution in [1.82, 2.24) is 4.90 Å². The summed E-state index contributed by atoms with van der Waals surface area (Å²) >= 11 is 0. The highest BCUT2D eigenvalue weighted by Crippen LogP contribution is 2.04. The van der Waals surface area contributed by atoms with Gasteiger partial charge in [0.2, 0.25) is 5.91 Å². The van der Waals surface area contributed by atoms with E-state index in [0.29, 0.717) is 19.4 Å². The summed E-state index contributed by atoms with van der Waals surface area (Å²) in [6.07, 6.45) is 2.47. The zero-order valence-corrected chi connectivity index (χ0v) is 11.5. The first-order valence-electron chi connectivity index (χ1n) is 6.25. The first-order chi connectivity index (χ1) is 8.97. The van der Waals surface area contributed by atoms with Gasteiger partial charge in [0.25, 0.3) is 0 Å². The molecule has 7 nitrogen and oxygen atoms in total. The van der Waals surface area contributed by atoms with Crippen LogP contribution in [0.15, 0.2) is 5.11 Å². The Morgan fingerprint density at radius 3 is 2.11 bits per heavy atom. The zero-order valence-electron chi connectivity index (χ0n) is 11.5. The van der Waals surface area contributed by atoms with Crippen LogP contribution in [-0.4, -0.2) is 42.0 Å². The van der Waals surface area contributed by atoms with E-state index in [1.165, 1.54) is 18.7 Å². The molecule has 0 fully saturated rings. The molecule has 0 saturated heterocycles. The van der Waals surface area contributed by atoms with E-state index in [1.54, 1.807) is 0 Å². The lowest BCUT2D eigenvalue weighted by Gasteiger charge is -2.19. The van der Waals surface area contributed by atoms with Gasteiger partial charge in [-0.3, -0.25) is 14.4 Å². The molecular formula is C12H20N4O3. The minimum absolute atomic E-state index is 0.0167. The van der Waals surface area contributed by atoms with E-state index in [1.807, 2.05) is 0 Å². The van der Waals surface area contributed by atoms with Gasteiger partial charge in [0.1, 0.15) is 11.6 Å². The third-order valence-electron chi connectivity index (χ3n) is 2.39. The van der Waals surface area contributed by atoms with Crippen LogP contribution in [0.25, 0.3) is 10.4 Å². The minimum atomic E-state index is -0.186. The van der Waals surface area contributed by atoms with Crippen molar-refractivity contribution in [3.8, 4) is 0 Å². The summed E-state index contributed by atoms with van der Waals surface area (Å²) in [5.41, 5.74) is 8.09. The maximum absolute atomic E-state index is 11.8. The summed E-state index contributed by atoms with van der Waals surface area (Å²) in [7, 11) is 0. The summed E-state index contributed by atoms with van der Waals surface area (Å²) in [6, 6.07) is 0. The fourth-order valence-electron chi connectivity index (χ4n) is 1.61. The smallest absolute Gasteiger partial charge is 0.223 e. The summed E-state index contributed by atoms with van der Waals surface area (Å²) in [5, 5.41) is 3.40. The number of Topliss-reactive ketones (excluding diaryl/α,β-unsaturated/α-hetero) is 2. The van der Waals surface area contributed by atoms with Crippen molar-refractivity contribution in [3.63, 3.8) is 0 Å². The maximum atomic E-state index is 11.8. The first-order valence-corrected chi connectivity index (χ1v) is 6.25. The van der Waals surface area contributed by atoms with E-state index in [4.69, 9.17) is 5.53 Å². The quantitative estimate of drug-likeness (QED) is 0.261. The lowest BCUT2D eigenvalue weighted by atomic mass is 10.1. The third-order valence-corrected chi connectivity index (χ3v) is 2.39. The monoisotopic (exact) mass is 268 g/mol. The molecule has 0 unspecified atom stereocenters. The summed E-state index contributed by atoms with van der Waals surface area (Å²) < 4.78 is 0. The fourth-order valence-corrected chi connectivity index (χ4v) is 1.61. The highest BCUT2D eigenvalue weighted by atomic mass is 16.2. The van der Waals surface area contributed by atoms with E-state index in [-0.39, 0.29) is 30.6 Å². The molecule has 0 rings (SSSR count). The van der Waals surface area contributed by atoms with Gasteiger partial charge in [0, 0.05) is 17.9 Å². The Kier molecular flexibility index (Phi) is 9.08. The van der Waals surface area contributed by atoms with Crippen LogP contribution in [0.1, 0.15) is 39.5 Å². The molecule has 0 aliphatic carbocycles. The van der Waals surface area contributed by atoms with E-state index < -0.39 is 0 Å². The van der Waals surface area contributed by atoms with Gasteiger partial charge >= 0.3 is 0 Å². The first kappa shape index (κ1) is 17.1. The fraction of sp³-hybridized carbons (Fsp3) is 0.750. The lowest BCUT2D eigenvalue weighted by Crippen LogP contribution is -2.38. The van der Waals surface area contributed by atoms with Crippen LogP contribution in [0.5, 0.6) is 0 Å². The number of hydrogen-bond acceptors (Lipinski definition) is 4. The molecule has 7 heteroatoms. The van der Waals surface area contributed by atoms with Gasteiger partial charge in [-0.15, -0.1) is 0 Å². The predicted octanol–water partition coefficient (Wildman–Crippen LogP) is 1.86. The van der Waals surface area contributed by atoms with Crippen molar-refractivity contribution in [2.24, 2.45) is 5.11 Å². The van der Waals surface area contributed by atoms with Gasteiger partial charge in [-0.25, -0.2) is 0 Å². The van der Waals surface area contributed by atoms with Crippen molar-refractivity contribution in [2.75, 3.05) is 19.6 Å². The molecule has 0 aliphatic rings. The Bertz CT molecular complexity index is 359. The molecule has 0 radical (unpaired) electrons. The number of nitrogens with zero attached hydrogens (tertiary/aromatic N) is 4. The molecule has 0 bridgehead atoms. The largest absolute Gasteiger partial charge is 0.328 e. The molecule has 0 heterocycles. The number of hydrogen-bond donors (Lipinski definition) is 0. The van der Waals surface area contributed by atoms with Crippen LogP contribution in [0.4, 0.5) is 0 Å². The van der Waals surface area contributed by atoms with E-state index in [0.717, 1.165) is 12.8 Å². The van der Waals surface area contributed by atoms with Gasteiger partial charge in [-0.05, 0) is 32.2 Å². The van der Waals surface area contributed by atoms with Gasteiger partial charge in [0.05, 0.1) is 13.1 Å². The Balaban J connectivity index is 4.06. The molecule has 0 N–H and O–H groups in total. The molecule has 0 aromatic rings. The molecule has 0 aromatic carbocycles. The van der Waals surface area contributed by atoms with Gasteiger partial charge in [-0.1, -0.05) is 11.5 Å². The Morgan fingerprint density at radius 1 is 1.05 bits per heavy atom. The van der Waals surface area contributed by atoms with Crippen LogP contribution in [0.2, 0.25) is 0 Å². The molecule has 19 heavy (non-hydrogen) atoms. The normalized spacial score (nSPS) is 9.58. The third kappa shape index (κ3) is 9.79. The highest BCUT2D eigenvalue weighted by Gasteiger charge is 2.16. The number of carbonyl (C=O) groups excluding carboxylic acids is 3. The Hall–Kier alpha value is -1.88. The molecule has 0 aromatic heterocycles. The highest BCUT2D eigenvalue weighted by molar-refractivity contribution is 5.88. The number of unbranched alkanes of at least 4 members (excludes halogenated alkanes) is 2. The SMILES string of the molecule is CC(=O)CN(CC(C)=O)C(=O)CCCCCN=[N+]=[N-]. The predicted molar refractivity (Wildman–Crippen MR) is 70.4 cm³/mol. The summed E-state index contributed by atoms with van der Waals surface area (Å²) in [5.74, 6) is -0.468. The van der Waals surface area contributed by atoms with Crippen LogP contribution < -0.4 is 0 Å². The average Bonchev–Trinajstić information content (AvgIpc) is 2.31. The van der Waals surface area contributed by atoms with Crippen LogP contribution in [-0.2, 0) is 14.4 Å². The van der Waals surface area contributed by atoms with Crippen molar-refractivity contribution >= 4 is 17.5 Å². The maximum Gasteiger partial charge on any atom is 0.223 e. The minimum Gasteiger partial charge on any atom is -0.328 e. The summed E-state index contributed by atoms with van der Waals surface area (Å²) in [6.45, 7) is 3.17. The molecule has 0 spiro atoms. The second-order valence-corrected chi connectivity index (χ2v) is 4.42. The Labute approximate surface area is 112 Å². The number of rotatable bonds is 10. The second kappa shape index (κ2) is 10.1. The topological polar surface area (TPSA) is 103 Å². The second-order valence-electron chi connectivity index (χ2n) is 4.42. The van der Waals surface area contributed by atoms with Gasteiger partial charge in [0.15, 0.2) is 0 Å². The van der Waals surface area contributed by atoms with Crippen LogP contribution in [0, 0.1) is 0 Å². The van der Waals surface area contributed by atoms with Crippen molar-refractivity contribution < 1.29 is 14.4 Å². The van der Waals surface area contributed by atoms with Crippen molar-refractivity contribution in [2.45, 2.75) is 39.5 Å².